The monoisotopic (exact) mass is 413 g/mol. The summed E-state index contributed by atoms with van der Waals surface area (Å²) in [6.45, 7) is 1.50. The third kappa shape index (κ3) is 4.39. The van der Waals surface area contributed by atoms with Gasteiger partial charge in [0.25, 0.3) is 0 Å². The Hall–Kier alpha value is -3.51. The third-order valence-corrected chi connectivity index (χ3v) is 5.88. The number of hydrogen-bond acceptors (Lipinski definition) is 5. The van der Waals surface area contributed by atoms with Crippen LogP contribution in [0.5, 0.6) is 0 Å². The van der Waals surface area contributed by atoms with Gasteiger partial charge >= 0.3 is 0 Å². The Morgan fingerprint density at radius 2 is 1.67 bits per heavy atom. The fourth-order valence-electron chi connectivity index (χ4n) is 3.11. The van der Waals surface area contributed by atoms with E-state index in [0.29, 0.717) is 11.3 Å². The van der Waals surface area contributed by atoms with Crippen LogP contribution in [0.3, 0.4) is 0 Å². The standard InChI is InChI=1S/C24H19N3O2S/c1-16(28)18-10-7-11-19(14-18)27-23(29)22(17-8-3-2-4-9-17)30-24-20-12-5-6-13-21(20)25-15-26-24/h2-15,22H,1H3,(H,27,29)/t22-/m1/s1. The van der Waals surface area contributed by atoms with Crippen molar-refractivity contribution in [2.75, 3.05) is 5.32 Å². The lowest BCUT2D eigenvalue weighted by molar-refractivity contribution is -0.115. The first-order valence-electron chi connectivity index (χ1n) is 9.45. The van der Waals surface area contributed by atoms with Crippen molar-refractivity contribution in [3.8, 4) is 0 Å². The van der Waals surface area contributed by atoms with E-state index < -0.39 is 5.25 Å². The molecule has 0 bridgehead atoms. The molecule has 0 aliphatic carbocycles. The summed E-state index contributed by atoms with van der Waals surface area (Å²) in [7, 11) is 0. The fraction of sp³-hybridized carbons (Fsp3) is 0.0833. The average Bonchev–Trinajstić information content (AvgIpc) is 2.78. The zero-order valence-corrected chi connectivity index (χ0v) is 17.1. The molecule has 0 aliphatic rings. The van der Waals surface area contributed by atoms with Crippen molar-refractivity contribution in [1.82, 2.24) is 9.97 Å². The number of ketones is 1. The molecule has 0 saturated heterocycles. The molecule has 4 rings (SSSR count). The predicted molar refractivity (Wildman–Crippen MR) is 120 cm³/mol. The number of aromatic nitrogens is 2. The minimum Gasteiger partial charge on any atom is -0.325 e. The Kier molecular flexibility index (Phi) is 5.86. The fourth-order valence-corrected chi connectivity index (χ4v) is 4.20. The van der Waals surface area contributed by atoms with Crippen molar-refractivity contribution in [2.24, 2.45) is 0 Å². The maximum Gasteiger partial charge on any atom is 0.242 e. The molecule has 0 spiro atoms. The number of carbonyl (C=O) groups is 2. The van der Waals surface area contributed by atoms with Gasteiger partial charge in [0.05, 0.1) is 5.52 Å². The van der Waals surface area contributed by atoms with Gasteiger partial charge in [-0.05, 0) is 30.7 Å². The van der Waals surface area contributed by atoms with Crippen LogP contribution in [0.2, 0.25) is 0 Å². The zero-order valence-electron chi connectivity index (χ0n) is 16.3. The molecule has 0 aliphatic heterocycles. The summed E-state index contributed by atoms with van der Waals surface area (Å²) in [6, 6.07) is 24.3. The lowest BCUT2D eigenvalue weighted by atomic mass is 10.1. The highest BCUT2D eigenvalue weighted by Crippen LogP contribution is 2.38. The maximum absolute atomic E-state index is 13.3. The molecule has 0 radical (unpaired) electrons. The summed E-state index contributed by atoms with van der Waals surface area (Å²) in [5.74, 6) is -0.234. The molecule has 4 aromatic rings. The minimum atomic E-state index is -0.523. The Bertz CT molecular complexity index is 1210. The molecule has 148 valence electrons. The number of para-hydroxylation sites is 1. The van der Waals surface area contributed by atoms with E-state index in [1.807, 2.05) is 54.6 Å². The number of nitrogens with zero attached hydrogens (tertiary/aromatic N) is 2. The number of hydrogen-bond donors (Lipinski definition) is 1. The molecule has 5 nitrogen and oxygen atoms in total. The van der Waals surface area contributed by atoms with Crippen molar-refractivity contribution < 1.29 is 9.59 Å². The largest absolute Gasteiger partial charge is 0.325 e. The highest BCUT2D eigenvalue weighted by atomic mass is 32.2. The molecule has 0 unspecified atom stereocenters. The van der Waals surface area contributed by atoms with Crippen LogP contribution in [-0.2, 0) is 4.79 Å². The van der Waals surface area contributed by atoms with Gasteiger partial charge in [-0.3, -0.25) is 9.59 Å². The van der Waals surface area contributed by atoms with Crippen LogP contribution < -0.4 is 5.32 Å². The molecule has 0 fully saturated rings. The normalized spacial score (nSPS) is 11.8. The summed E-state index contributed by atoms with van der Waals surface area (Å²) in [5, 5.41) is 4.06. The smallest absolute Gasteiger partial charge is 0.242 e. The summed E-state index contributed by atoms with van der Waals surface area (Å²) in [6.07, 6.45) is 1.51. The van der Waals surface area contributed by atoms with Gasteiger partial charge in [0, 0.05) is 16.6 Å². The van der Waals surface area contributed by atoms with E-state index in [-0.39, 0.29) is 11.7 Å². The molecule has 1 amide bonds. The van der Waals surface area contributed by atoms with E-state index in [0.717, 1.165) is 21.5 Å². The van der Waals surface area contributed by atoms with E-state index in [9.17, 15) is 9.59 Å². The van der Waals surface area contributed by atoms with Crippen molar-refractivity contribution in [3.05, 3.63) is 96.3 Å². The third-order valence-electron chi connectivity index (χ3n) is 4.61. The number of amides is 1. The highest BCUT2D eigenvalue weighted by molar-refractivity contribution is 8.00. The van der Waals surface area contributed by atoms with Crippen LogP contribution in [0.1, 0.15) is 28.1 Å². The summed E-state index contributed by atoms with van der Waals surface area (Å²) < 4.78 is 0. The molecule has 1 atom stereocenters. The second kappa shape index (κ2) is 8.88. The highest BCUT2D eigenvalue weighted by Gasteiger charge is 2.24. The first-order valence-corrected chi connectivity index (χ1v) is 10.3. The number of carbonyl (C=O) groups excluding carboxylic acids is 2. The number of benzene rings is 3. The van der Waals surface area contributed by atoms with Gasteiger partial charge < -0.3 is 5.32 Å². The van der Waals surface area contributed by atoms with Gasteiger partial charge in [0.15, 0.2) is 5.78 Å². The topological polar surface area (TPSA) is 72.0 Å². The van der Waals surface area contributed by atoms with Crippen molar-refractivity contribution in [1.29, 1.82) is 0 Å². The molecular formula is C24H19N3O2S. The van der Waals surface area contributed by atoms with Crippen LogP contribution in [-0.4, -0.2) is 21.7 Å². The van der Waals surface area contributed by atoms with E-state index in [1.165, 1.54) is 25.0 Å². The van der Waals surface area contributed by atoms with Gasteiger partial charge in [0.1, 0.15) is 16.6 Å². The molecular weight excluding hydrogens is 394 g/mol. The summed E-state index contributed by atoms with van der Waals surface area (Å²) >= 11 is 1.38. The minimum absolute atomic E-state index is 0.0486. The number of nitrogens with one attached hydrogen (secondary N) is 1. The van der Waals surface area contributed by atoms with Gasteiger partial charge in [-0.1, -0.05) is 72.4 Å². The van der Waals surface area contributed by atoms with Gasteiger partial charge in [-0.15, -0.1) is 0 Å². The molecule has 0 saturated carbocycles. The van der Waals surface area contributed by atoms with Gasteiger partial charge in [0.2, 0.25) is 5.91 Å². The summed E-state index contributed by atoms with van der Waals surface area (Å²) in [5.41, 5.74) is 2.84. The maximum atomic E-state index is 13.3. The SMILES string of the molecule is CC(=O)c1cccc(NC(=O)[C@H](Sc2ncnc3ccccc23)c2ccccc2)c1. The van der Waals surface area contributed by atoms with Crippen LogP contribution in [0.15, 0.2) is 90.2 Å². The molecule has 30 heavy (non-hydrogen) atoms. The second-order valence-electron chi connectivity index (χ2n) is 6.73. The molecule has 6 heteroatoms. The second-order valence-corrected chi connectivity index (χ2v) is 7.82. The Morgan fingerprint density at radius 3 is 2.47 bits per heavy atom. The van der Waals surface area contributed by atoms with Crippen LogP contribution >= 0.6 is 11.8 Å². The lowest BCUT2D eigenvalue weighted by Gasteiger charge is -2.17. The quantitative estimate of drug-likeness (QED) is 0.264. The molecule has 1 aromatic heterocycles. The average molecular weight is 414 g/mol. The van der Waals surface area contributed by atoms with E-state index in [1.54, 1.807) is 24.3 Å². The van der Waals surface area contributed by atoms with E-state index in [4.69, 9.17) is 0 Å². The van der Waals surface area contributed by atoms with Crippen LogP contribution in [0.4, 0.5) is 5.69 Å². The number of thioether (sulfide) groups is 1. The summed E-state index contributed by atoms with van der Waals surface area (Å²) in [4.78, 5) is 33.7. The predicted octanol–water partition coefficient (Wildman–Crippen LogP) is 5.30. The Balaban J connectivity index is 1.67. The first-order chi connectivity index (χ1) is 14.6. The van der Waals surface area contributed by atoms with Crippen LogP contribution in [0, 0.1) is 0 Å². The van der Waals surface area contributed by atoms with Crippen LogP contribution in [0.25, 0.3) is 10.9 Å². The Labute approximate surface area is 178 Å². The van der Waals surface area contributed by atoms with Gasteiger partial charge in [-0.2, -0.15) is 0 Å². The van der Waals surface area contributed by atoms with Crippen molar-refractivity contribution in [3.63, 3.8) is 0 Å². The zero-order chi connectivity index (χ0) is 20.9. The Morgan fingerprint density at radius 1 is 0.900 bits per heavy atom. The lowest BCUT2D eigenvalue weighted by Crippen LogP contribution is -2.19. The van der Waals surface area contributed by atoms with E-state index in [2.05, 4.69) is 15.3 Å². The molecule has 3 aromatic carbocycles. The van der Waals surface area contributed by atoms with Gasteiger partial charge in [-0.25, -0.2) is 9.97 Å². The first kappa shape index (κ1) is 19.8. The molecule has 1 heterocycles. The number of anilines is 1. The molecule has 1 N–H and O–H groups in total. The van der Waals surface area contributed by atoms with Crippen molar-refractivity contribution in [2.45, 2.75) is 17.2 Å². The van der Waals surface area contributed by atoms with Crippen molar-refractivity contribution >= 4 is 40.0 Å². The number of Topliss-reactive ketones (excluding diaryl/α,β-unsaturated/α-hetero) is 1. The number of fused-ring (bicyclic) bond motifs is 1. The van der Waals surface area contributed by atoms with E-state index >= 15 is 0 Å². The number of rotatable bonds is 6.